The molecule has 2 aromatic carbocycles. The number of benzene rings is 2. The Labute approximate surface area is 127 Å². The summed E-state index contributed by atoms with van der Waals surface area (Å²) in [6.07, 6.45) is 2.12. The zero-order chi connectivity index (χ0) is 13.9. The van der Waals surface area contributed by atoms with E-state index in [2.05, 4.69) is 63.8 Å². The van der Waals surface area contributed by atoms with Crippen LogP contribution < -0.4 is 0 Å². The number of fused-ring (bicyclic) bond motifs is 1. The summed E-state index contributed by atoms with van der Waals surface area (Å²) in [5.74, 6) is 1.17. The van der Waals surface area contributed by atoms with Gasteiger partial charge >= 0.3 is 0 Å². The molecular weight excluding hydrogens is 312 g/mol. The summed E-state index contributed by atoms with van der Waals surface area (Å²) in [6.45, 7) is 3.05. The molecule has 3 aromatic rings. The lowest BCUT2D eigenvalue weighted by Gasteiger charge is -2.10. The molecule has 0 atom stereocenters. The summed E-state index contributed by atoms with van der Waals surface area (Å²) < 4.78 is 3.49. The Morgan fingerprint density at radius 3 is 2.60 bits per heavy atom. The van der Waals surface area contributed by atoms with Crippen molar-refractivity contribution in [3.8, 4) is 0 Å². The Morgan fingerprint density at radius 1 is 1.05 bits per heavy atom. The molecule has 20 heavy (non-hydrogen) atoms. The highest BCUT2D eigenvalue weighted by molar-refractivity contribution is 9.10. The number of hydrogen-bond acceptors (Lipinski definition) is 1. The fourth-order valence-electron chi connectivity index (χ4n) is 2.51. The maximum Gasteiger partial charge on any atom is 0.110 e. The van der Waals surface area contributed by atoms with E-state index in [1.165, 1.54) is 16.9 Å². The molecule has 0 spiro atoms. The topological polar surface area (TPSA) is 17.8 Å². The smallest absolute Gasteiger partial charge is 0.110 e. The summed E-state index contributed by atoms with van der Waals surface area (Å²) in [5.41, 5.74) is 3.59. The van der Waals surface area contributed by atoms with Gasteiger partial charge in [-0.05, 0) is 30.2 Å². The summed E-state index contributed by atoms with van der Waals surface area (Å²) in [7, 11) is 0. The van der Waals surface area contributed by atoms with Crippen molar-refractivity contribution >= 4 is 27.0 Å². The first kappa shape index (κ1) is 13.4. The molecule has 0 aliphatic rings. The van der Waals surface area contributed by atoms with Gasteiger partial charge in [-0.25, -0.2) is 4.98 Å². The van der Waals surface area contributed by atoms with Gasteiger partial charge in [-0.2, -0.15) is 0 Å². The second-order valence-electron chi connectivity index (χ2n) is 4.94. The summed E-state index contributed by atoms with van der Waals surface area (Å²) >= 11 is 3.64. The van der Waals surface area contributed by atoms with Crippen LogP contribution in [0.1, 0.15) is 24.7 Å². The first-order valence-corrected chi connectivity index (χ1v) is 7.76. The fourth-order valence-corrected chi connectivity index (χ4v) is 2.92. The maximum absolute atomic E-state index is 4.78. The molecule has 0 saturated heterocycles. The minimum atomic E-state index is 0.858. The van der Waals surface area contributed by atoms with Gasteiger partial charge in [0, 0.05) is 10.9 Å². The molecule has 0 bridgehead atoms. The largest absolute Gasteiger partial charge is 0.323 e. The van der Waals surface area contributed by atoms with Crippen molar-refractivity contribution in [2.75, 3.05) is 0 Å². The lowest BCUT2D eigenvalue weighted by molar-refractivity contribution is 0.720. The minimum absolute atomic E-state index is 0.858. The van der Waals surface area contributed by atoms with Crippen LogP contribution in [0.3, 0.4) is 0 Å². The van der Waals surface area contributed by atoms with E-state index in [9.17, 15) is 0 Å². The maximum atomic E-state index is 4.78. The standard InChI is InChI=1S/C17H17BrN2/c1-2-7-17-19-15-10-5-6-11-16(15)20(17)12-13-8-3-4-9-14(13)18/h3-6,8-11H,2,7,12H2,1H3. The molecule has 2 nitrogen and oxygen atoms in total. The second kappa shape index (κ2) is 5.80. The zero-order valence-corrected chi connectivity index (χ0v) is 13.1. The van der Waals surface area contributed by atoms with E-state index >= 15 is 0 Å². The Balaban J connectivity index is 2.09. The lowest BCUT2D eigenvalue weighted by atomic mass is 10.2. The summed E-state index contributed by atoms with van der Waals surface area (Å²) in [6, 6.07) is 16.8. The molecule has 0 aliphatic heterocycles. The Morgan fingerprint density at radius 2 is 1.80 bits per heavy atom. The van der Waals surface area contributed by atoms with E-state index < -0.39 is 0 Å². The molecular formula is C17H17BrN2. The van der Waals surface area contributed by atoms with E-state index in [1.807, 2.05) is 12.1 Å². The third-order valence-electron chi connectivity index (χ3n) is 3.49. The van der Waals surface area contributed by atoms with Crippen molar-refractivity contribution < 1.29 is 0 Å². The van der Waals surface area contributed by atoms with Crippen LogP contribution in [0.4, 0.5) is 0 Å². The molecule has 0 fully saturated rings. The van der Waals surface area contributed by atoms with Gasteiger partial charge in [0.2, 0.25) is 0 Å². The Kier molecular flexibility index (Phi) is 3.88. The van der Waals surface area contributed by atoms with Crippen LogP contribution in [-0.4, -0.2) is 9.55 Å². The van der Waals surface area contributed by atoms with Gasteiger partial charge in [-0.1, -0.05) is 53.2 Å². The van der Waals surface area contributed by atoms with Crippen molar-refractivity contribution in [3.05, 3.63) is 64.4 Å². The average molecular weight is 329 g/mol. The Hall–Kier alpha value is -1.61. The molecule has 0 N–H and O–H groups in total. The van der Waals surface area contributed by atoms with E-state index in [4.69, 9.17) is 4.98 Å². The van der Waals surface area contributed by atoms with E-state index in [0.717, 1.165) is 29.4 Å². The molecule has 3 heteroatoms. The normalized spacial score (nSPS) is 11.1. The van der Waals surface area contributed by atoms with Crippen molar-refractivity contribution in [2.24, 2.45) is 0 Å². The molecule has 0 amide bonds. The lowest BCUT2D eigenvalue weighted by Crippen LogP contribution is -2.05. The second-order valence-corrected chi connectivity index (χ2v) is 5.80. The SMILES string of the molecule is CCCc1nc2ccccc2n1Cc1ccccc1Br. The fraction of sp³-hybridized carbons (Fsp3) is 0.235. The number of hydrogen-bond donors (Lipinski definition) is 0. The van der Waals surface area contributed by atoms with Gasteiger partial charge in [0.1, 0.15) is 5.82 Å². The van der Waals surface area contributed by atoms with E-state index in [0.29, 0.717) is 0 Å². The third kappa shape index (κ3) is 2.50. The molecule has 102 valence electrons. The van der Waals surface area contributed by atoms with E-state index in [1.54, 1.807) is 0 Å². The Bertz CT molecular complexity index is 731. The summed E-state index contributed by atoms with van der Waals surface area (Å²) in [4.78, 5) is 4.78. The molecule has 0 unspecified atom stereocenters. The van der Waals surface area contributed by atoms with Gasteiger partial charge < -0.3 is 4.57 Å². The minimum Gasteiger partial charge on any atom is -0.323 e. The molecule has 0 aliphatic carbocycles. The number of nitrogens with zero attached hydrogens (tertiary/aromatic N) is 2. The van der Waals surface area contributed by atoms with Crippen LogP contribution in [0.25, 0.3) is 11.0 Å². The highest BCUT2D eigenvalue weighted by Gasteiger charge is 2.11. The monoisotopic (exact) mass is 328 g/mol. The number of imidazole rings is 1. The van der Waals surface area contributed by atoms with Crippen molar-refractivity contribution in [3.63, 3.8) is 0 Å². The predicted octanol–water partition coefficient (Wildman–Crippen LogP) is 4.80. The van der Waals surface area contributed by atoms with Crippen LogP contribution in [0, 0.1) is 0 Å². The van der Waals surface area contributed by atoms with Crippen molar-refractivity contribution in [1.29, 1.82) is 0 Å². The van der Waals surface area contributed by atoms with E-state index in [-0.39, 0.29) is 0 Å². The first-order valence-electron chi connectivity index (χ1n) is 6.97. The number of aryl methyl sites for hydroxylation is 1. The highest BCUT2D eigenvalue weighted by atomic mass is 79.9. The van der Waals surface area contributed by atoms with Crippen LogP contribution in [0.15, 0.2) is 53.0 Å². The first-order chi connectivity index (χ1) is 9.79. The number of para-hydroxylation sites is 2. The molecule has 0 radical (unpaired) electrons. The quantitative estimate of drug-likeness (QED) is 0.672. The number of aromatic nitrogens is 2. The third-order valence-corrected chi connectivity index (χ3v) is 4.27. The average Bonchev–Trinajstić information content (AvgIpc) is 2.80. The number of halogens is 1. The van der Waals surface area contributed by atoms with Crippen LogP contribution in [-0.2, 0) is 13.0 Å². The van der Waals surface area contributed by atoms with Crippen molar-refractivity contribution in [1.82, 2.24) is 9.55 Å². The molecule has 3 rings (SSSR count). The summed E-state index contributed by atoms with van der Waals surface area (Å²) in [5, 5.41) is 0. The van der Waals surface area contributed by atoms with Crippen molar-refractivity contribution in [2.45, 2.75) is 26.3 Å². The van der Waals surface area contributed by atoms with Gasteiger partial charge in [0.15, 0.2) is 0 Å². The van der Waals surface area contributed by atoms with Crippen LogP contribution >= 0.6 is 15.9 Å². The molecule has 1 aromatic heterocycles. The van der Waals surface area contributed by atoms with Crippen LogP contribution in [0.2, 0.25) is 0 Å². The predicted molar refractivity (Wildman–Crippen MR) is 87.0 cm³/mol. The van der Waals surface area contributed by atoms with Gasteiger partial charge in [0.25, 0.3) is 0 Å². The van der Waals surface area contributed by atoms with Gasteiger partial charge in [-0.3, -0.25) is 0 Å². The number of rotatable bonds is 4. The molecule has 1 heterocycles. The highest BCUT2D eigenvalue weighted by Crippen LogP contribution is 2.22. The van der Waals surface area contributed by atoms with Gasteiger partial charge in [0.05, 0.1) is 17.6 Å². The van der Waals surface area contributed by atoms with Crippen LogP contribution in [0.5, 0.6) is 0 Å². The molecule has 0 saturated carbocycles. The van der Waals surface area contributed by atoms with Gasteiger partial charge in [-0.15, -0.1) is 0 Å². The zero-order valence-electron chi connectivity index (χ0n) is 11.5.